The minimum Gasteiger partial charge on any atom is -0.453 e. The molecular weight excluding hydrogens is 292 g/mol. The molecule has 0 spiro atoms. The molecule has 4 heteroatoms. The summed E-state index contributed by atoms with van der Waals surface area (Å²) in [5, 5.41) is 3.61. The topological polar surface area (TPSA) is 28.4 Å². The Bertz CT molecular complexity index is 360. The van der Waals surface area contributed by atoms with Crippen molar-refractivity contribution >= 4 is 15.9 Å². The molecule has 1 aliphatic rings. The summed E-state index contributed by atoms with van der Waals surface area (Å²) in [5.74, 6) is 1.04. The zero-order valence-electron chi connectivity index (χ0n) is 11.3. The van der Waals surface area contributed by atoms with Crippen LogP contribution in [0.4, 0.5) is 0 Å². The maximum Gasteiger partial charge on any atom is 0.169 e. The van der Waals surface area contributed by atoms with Crippen LogP contribution in [0.2, 0.25) is 0 Å². The van der Waals surface area contributed by atoms with Crippen LogP contribution in [-0.4, -0.2) is 30.6 Å². The number of nitrogens with zero attached hydrogens (tertiary/aromatic N) is 1. The van der Waals surface area contributed by atoms with Crippen molar-refractivity contribution in [2.24, 2.45) is 0 Å². The number of rotatable bonds is 5. The van der Waals surface area contributed by atoms with Gasteiger partial charge in [-0.15, -0.1) is 0 Å². The Labute approximate surface area is 118 Å². The molecule has 3 nitrogen and oxygen atoms in total. The molecule has 102 valence electrons. The first kappa shape index (κ1) is 14.1. The molecule has 1 N–H and O–H groups in total. The smallest absolute Gasteiger partial charge is 0.169 e. The highest BCUT2D eigenvalue weighted by molar-refractivity contribution is 9.10. The standard InChI is InChI=1S/C14H23BrN2O/c1-3-17(10-12-6-4-5-9-16-12)11(2)13-7-8-14(15)18-13/h7-8,11-12,16H,3-6,9-10H2,1-2H3. The van der Waals surface area contributed by atoms with E-state index >= 15 is 0 Å². The van der Waals surface area contributed by atoms with Crippen molar-refractivity contribution in [2.45, 2.75) is 45.2 Å². The molecule has 2 rings (SSSR count). The zero-order chi connectivity index (χ0) is 13.0. The van der Waals surface area contributed by atoms with Crippen LogP contribution in [0.3, 0.4) is 0 Å². The third-order valence-electron chi connectivity index (χ3n) is 3.83. The molecule has 0 saturated carbocycles. The maximum absolute atomic E-state index is 5.67. The molecule has 2 heterocycles. The van der Waals surface area contributed by atoms with Crippen LogP contribution in [0.5, 0.6) is 0 Å². The fourth-order valence-electron chi connectivity index (χ4n) is 2.66. The van der Waals surface area contributed by atoms with E-state index < -0.39 is 0 Å². The van der Waals surface area contributed by atoms with Crippen LogP contribution in [0.15, 0.2) is 21.2 Å². The normalized spacial score (nSPS) is 22.3. The first-order chi connectivity index (χ1) is 8.70. The van der Waals surface area contributed by atoms with Gasteiger partial charge >= 0.3 is 0 Å². The second-order valence-corrected chi connectivity index (χ2v) is 5.83. The number of likely N-dealkylation sites (N-methyl/N-ethyl adjacent to an activating group) is 1. The Morgan fingerprint density at radius 3 is 2.89 bits per heavy atom. The number of furan rings is 1. The SMILES string of the molecule is CCN(CC1CCCCN1)C(C)c1ccc(Br)o1. The first-order valence-corrected chi connectivity index (χ1v) is 7.72. The van der Waals surface area contributed by atoms with Crippen molar-refractivity contribution in [2.75, 3.05) is 19.6 Å². The largest absolute Gasteiger partial charge is 0.453 e. The highest BCUT2D eigenvalue weighted by atomic mass is 79.9. The summed E-state index contributed by atoms with van der Waals surface area (Å²) >= 11 is 3.37. The van der Waals surface area contributed by atoms with E-state index in [1.165, 1.54) is 25.8 Å². The van der Waals surface area contributed by atoms with Gasteiger partial charge in [0.2, 0.25) is 0 Å². The minimum atomic E-state index is 0.338. The molecule has 2 unspecified atom stereocenters. The molecule has 1 aromatic rings. The van der Waals surface area contributed by atoms with Crippen LogP contribution in [0, 0.1) is 0 Å². The van der Waals surface area contributed by atoms with Gasteiger partial charge in [0.15, 0.2) is 4.67 Å². The van der Waals surface area contributed by atoms with E-state index in [1.54, 1.807) is 0 Å². The van der Waals surface area contributed by atoms with E-state index in [2.05, 4.69) is 46.1 Å². The molecule has 0 aliphatic carbocycles. The van der Waals surface area contributed by atoms with Crippen LogP contribution in [0.1, 0.15) is 44.9 Å². The van der Waals surface area contributed by atoms with Crippen LogP contribution in [-0.2, 0) is 0 Å². The van der Waals surface area contributed by atoms with E-state index in [0.717, 1.165) is 23.5 Å². The Hall–Kier alpha value is -0.320. The summed E-state index contributed by atoms with van der Waals surface area (Å²) < 4.78 is 6.49. The van der Waals surface area contributed by atoms with Gasteiger partial charge in [-0.05, 0) is 60.9 Å². The zero-order valence-corrected chi connectivity index (χ0v) is 12.9. The van der Waals surface area contributed by atoms with Crippen molar-refractivity contribution in [1.82, 2.24) is 10.2 Å². The molecule has 1 aromatic heterocycles. The Morgan fingerprint density at radius 1 is 1.50 bits per heavy atom. The van der Waals surface area contributed by atoms with Gasteiger partial charge in [-0.2, -0.15) is 0 Å². The highest BCUT2D eigenvalue weighted by Gasteiger charge is 2.22. The number of halogens is 1. The molecule has 1 saturated heterocycles. The number of nitrogens with one attached hydrogen (secondary N) is 1. The summed E-state index contributed by atoms with van der Waals surface area (Å²) in [6.07, 6.45) is 3.98. The van der Waals surface area contributed by atoms with Gasteiger partial charge in [0.05, 0.1) is 6.04 Å². The Balaban J connectivity index is 1.94. The van der Waals surface area contributed by atoms with Crippen molar-refractivity contribution in [3.05, 3.63) is 22.6 Å². The summed E-state index contributed by atoms with van der Waals surface area (Å²) in [7, 11) is 0. The Morgan fingerprint density at radius 2 is 2.33 bits per heavy atom. The Kier molecular flexibility index (Phi) is 5.27. The van der Waals surface area contributed by atoms with Crippen molar-refractivity contribution in [3.8, 4) is 0 Å². The van der Waals surface area contributed by atoms with Crippen molar-refractivity contribution in [3.63, 3.8) is 0 Å². The molecule has 1 fully saturated rings. The number of piperidine rings is 1. The van der Waals surface area contributed by atoms with Gasteiger partial charge in [0.1, 0.15) is 5.76 Å². The minimum absolute atomic E-state index is 0.338. The lowest BCUT2D eigenvalue weighted by Gasteiger charge is -2.32. The van der Waals surface area contributed by atoms with Gasteiger partial charge in [-0.1, -0.05) is 13.3 Å². The average Bonchev–Trinajstić information content (AvgIpc) is 2.83. The molecule has 2 atom stereocenters. The van der Waals surface area contributed by atoms with E-state index in [9.17, 15) is 0 Å². The lowest BCUT2D eigenvalue weighted by molar-refractivity contribution is 0.166. The highest BCUT2D eigenvalue weighted by Crippen LogP contribution is 2.25. The predicted octanol–water partition coefficient (Wildman–Crippen LogP) is 3.57. The number of hydrogen-bond acceptors (Lipinski definition) is 3. The van der Waals surface area contributed by atoms with Crippen molar-refractivity contribution < 1.29 is 4.42 Å². The first-order valence-electron chi connectivity index (χ1n) is 6.93. The third kappa shape index (κ3) is 3.59. The average molecular weight is 315 g/mol. The third-order valence-corrected chi connectivity index (χ3v) is 4.25. The molecule has 0 radical (unpaired) electrons. The van der Waals surface area contributed by atoms with Gasteiger partial charge in [0.25, 0.3) is 0 Å². The lowest BCUT2D eigenvalue weighted by Crippen LogP contribution is -2.44. The lowest BCUT2D eigenvalue weighted by atomic mass is 10.0. The quantitative estimate of drug-likeness (QED) is 0.900. The second kappa shape index (κ2) is 6.73. The predicted molar refractivity (Wildman–Crippen MR) is 77.7 cm³/mol. The van der Waals surface area contributed by atoms with Crippen molar-refractivity contribution in [1.29, 1.82) is 0 Å². The molecule has 0 bridgehead atoms. The summed E-state index contributed by atoms with van der Waals surface area (Å²) in [6.45, 7) is 7.77. The van der Waals surface area contributed by atoms with Gasteiger partial charge in [-0.3, -0.25) is 4.90 Å². The molecule has 1 aliphatic heterocycles. The van der Waals surface area contributed by atoms with E-state index in [4.69, 9.17) is 4.42 Å². The molecular formula is C14H23BrN2O. The van der Waals surface area contributed by atoms with E-state index in [1.807, 2.05) is 6.07 Å². The molecule has 18 heavy (non-hydrogen) atoms. The van der Waals surface area contributed by atoms with Crippen LogP contribution < -0.4 is 5.32 Å². The van der Waals surface area contributed by atoms with Crippen LogP contribution >= 0.6 is 15.9 Å². The monoisotopic (exact) mass is 314 g/mol. The summed E-state index contributed by atoms with van der Waals surface area (Å²) in [6, 6.07) is 5.01. The number of hydrogen-bond donors (Lipinski definition) is 1. The fraction of sp³-hybridized carbons (Fsp3) is 0.714. The van der Waals surface area contributed by atoms with Gasteiger partial charge in [-0.25, -0.2) is 0 Å². The van der Waals surface area contributed by atoms with Crippen LogP contribution in [0.25, 0.3) is 0 Å². The summed E-state index contributed by atoms with van der Waals surface area (Å²) in [5.41, 5.74) is 0. The fourth-order valence-corrected chi connectivity index (χ4v) is 2.98. The second-order valence-electron chi connectivity index (χ2n) is 5.05. The van der Waals surface area contributed by atoms with Gasteiger partial charge < -0.3 is 9.73 Å². The molecule has 0 aromatic carbocycles. The van der Waals surface area contributed by atoms with Gasteiger partial charge in [0, 0.05) is 12.6 Å². The summed E-state index contributed by atoms with van der Waals surface area (Å²) in [4.78, 5) is 2.48. The maximum atomic E-state index is 5.67. The molecule has 0 amide bonds. The van der Waals surface area contributed by atoms with E-state index in [-0.39, 0.29) is 0 Å². The van der Waals surface area contributed by atoms with E-state index in [0.29, 0.717) is 12.1 Å².